The van der Waals surface area contributed by atoms with Crippen molar-refractivity contribution in [3.8, 4) is 5.75 Å². The summed E-state index contributed by atoms with van der Waals surface area (Å²) in [6.45, 7) is 2.30. The van der Waals surface area contributed by atoms with E-state index in [0.29, 0.717) is 6.10 Å². The van der Waals surface area contributed by atoms with E-state index >= 15 is 0 Å². The van der Waals surface area contributed by atoms with Crippen molar-refractivity contribution in [2.75, 3.05) is 0 Å². The van der Waals surface area contributed by atoms with E-state index in [4.69, 9.17) is 19.5 Å². The van der Waals surface area contributed by atoms with Gasteiger partial charge in [0.25, 0.3) is 10.1 Å². The van der Waals surface area contributed by atoms with Gasteiger partial charge in [0, 0.05) is 0 Å². The second-order valence-electron chi connectivity index (χ2n) is 10.2. The number of ether oxygens (including phenoxy) is 1. The zero-order chi connectivity index (χ0) is 29.4. The Balaban J connectivity index is 0.00000101. The number of rotatable bonds is 23. The first-order valence-electron chi connectivity index (χ1n) is 14.7. The molecule has 0 amide bonds. The summed E-state index contributed by atoms with van der Waals surface area (Å²) in [6, 6.07) is 10.4. The van der Waals surface area contributed by atoms with Crippen molar-refractivity contribution >= 4 is 50.0 Å². The molecule has 39 heavy (non-hydrogen) atoms. The summed E-state index contributed by atoms with van der Waals surface area (Å²) < 4.78 is 36.2. The molecular formula is C29H49NaO8S. The summed E-state index contributed by atoms with van der Waals surface area (Å²) in [4.78, 5) is 20.0. The van der Waals surface area contributed by atoms with E-state index in [1.54, 1.807) is 0 Å². The number of hydrogen-bond acceptors (Lipinski definition) is 5. The van der Waals surface area contributed by atoms with Crippen LogP contribution < -0.4 is 4.74 Å². The van der Waals surface area contributed by atoms with E-state index in [0.717, 1.165) is 5.75 Å². The van der Waals surface area contributed by atoms with Crippen LogP contribution in [0.5, 0.6) is 5.75 Å². The molecule has 2 atom stereocenters. The zero-order valence-corrected chi connectivity index (χ0v) is 26.9. The third kappa shape index (κ3) is 23.3. The van der Waals surface area contributed by atoms with Crippen LogP contribution in [-0.4, -0.2) is 74.4 Å². The second-order valence-corrected chi connectivity index (χ2v) is 12.8. The zero-order valence-electron chi connectivity index (χ0n) is 24.1. The monoisotopic (exact) mass is 580 g/mol. The Bertz CT molecular complexity index is 848. The third-order valence-corrected chi connectivity index (χ3v) is 8.20. The van der Waals surface area contributed by atoms with Crippen LogP contribution in [0.25, 0.3) is 0 Å². The average Bonchev–Trinajstić information content (AvgIpc) is 2.87. The largest absolute Gasteiger partial charge is 0.481 e. The number of benzene rings is 1. The average molecular weight is 581 g/mol. The second kappa shape index (κ2) is 24.6. The molecule has 0 radical (unpaired) electrons. The molecule has 0 aliphatic heterocycles. The fourth-order valence-corrected chi connectivity index (χ4v) is 5.57. The molecule has 2 unspecified atom stereocenters. The van der Waals surface area contributed by atoms with Gasteiger partial charge in [0.1, 0.15) is 0 Å². The summed E-state index contributed by atoms with van der Waals surface area (Å²) in [7, 11) is -4.84. The van der Waals surface area contributed by atoms with Crippen molar-refractivity contribution in [2.45, 2.75) is 131 Å². The van der Waals surface area contributed by atoms with Crippen molar-refractivity contribution < 1.29 is 37.5 Å². The van der Waals surface area contributed by atoms with Gasteiger partial charge in [-0.3, -0.25) is 14.1 Å². The molecule has 0 aliphatic rings. The van der Waals surface area contributed by atoms with Crippen LogP contribution in [0.3, 0.4) is 0 Å². The molecule has 0 spiro atoms. The van der Waals surface area contributed by atoms with E-state index in [-0.39, 0.29) is 0 Å². The van der Waals surface area contributed by atoms with Gasteiger partial charge in [0.2, 0.25) is 0 Å². The Labute approximate surface area is 253 Å². The standard InChI is InChI=1S/C25H43O.C4H6O7S.Na/c1-3-5-6-7-8-9-10-11-12-13-14-15-16-18-21-24(4-2)26-25-22-19-17-20-23-25;5-3(6)1-2(4(7)8)12(9,10)11;/h17,19-20,22-24H,2-16,18,21H2,1H3;2H,1H2,(H,5,6)(H,7,8)(H,9,10,11);. The van der Waals surface area contributed by atoms with Gasteiger partial charge in [-0.1, -0.05) is 45.4 Å². The number of para-hydroxylation sites is 1. The quantitative estimate of drug-likeness (QED) is 0.0709. The van der Waals surface area contributed by atoms with E-state index < -0.39 is 33.7 Å². The summed E-state index contributed by atoms with van der Waals surface area (Å²) >= 11 is 1.29. The normalized spacial score (nSPS) is 12.7. The van der Waals surface area contributed by atoms with Crippen LogP contribution in [0.2, 0.25) is 3.67 Å². The van der Waals surface area contributed by atoms with Crippen molar-refractivity contribution in [1.29, 1.82) is 0 Å². The van der Waals surface area contributed by atoms with Gasteiger partial charge in [-0.05, 0) is 0 Å². The molecule has 0 saturated heterocycles. The number of hydrogen-bond donors (Lipinski definition) is 3. The molecule has 0 heterocycles. The van der Waals surface area contributed by atoms with E-state index in [1.807, 2.05) is 0 Å². The van der Waals surface area contributed by atoms with Gasteiger partial charge in [-0.15, -0.1) is 0 Å². The first-order valence-corrected chi connectivity index (χ1v) is 17.7. The molecule has 0 fully saturated rings. The van der Waals surface area contributed by atoms with Crippen LogP contribution >= 0.6 is 0 Å². The number of aliphatic carboxylic acids is 2. The maximum absolute atomic E-state index is 10.2. The van der Waals surface area contributed by atoms with Gasteiger partial charge in [-0.2, -0.15) is 8.42 Å². The smallest absolute Gasteiger partial charge is 0.325 e. The Kier molecular flexibility index (Phi) is 23.9. The molecule has 1 aromatic carbocycles. The van der Waals surface area contributed by atoms with Gasteiger partial charge >= 0.3 is 155 Å². The molecule has 10 heteroatoms. The molecule has 8 nitrogen and oxygen atoms in total. The number of carbonyl (C=O) groups is 2. The van der Waals surface area contributed by atoms with Gasteiger partial charge in [0.15, 0.2) is 5.25 Å². The summed E-state index contributed by atoms with van der Waals surface area (Å²) in [5.74, 6) is -2.46. The van der Waals surface area contributed by atoms with Gasteiger partial charge in [-0.25, -0.2) is 0 Å². The van der Waals surface area contributed by atoms with E-state index in [9.17, 15) is 18.0 Å². The SMILES string of the molecule is CCCCCCCCCCCCCCCCC(C[CH2][Na])Oc1ccccc1.O=C(O)CC(C(=O)O)S(=O)(=O)O. The molecule has 1 aromatic rings. The predicted molar refractivity (Wildman–Crippen MR) is 156 cm³/mol. The van der Waals surface area contributed by atoms with Crippen LogP contribution in [0.1, 0.15) is 116 Å². The minimum absolute atomic E-state index is 0.433. The molecule has 0 aliphatic carbocycles. The number of carboxylic acid groups (broad SMARTS) is 2. The molecule has 0 aromatic heterocycles. The Morgan fingerprint density at radius 1 is 0.795 bits per heavy atom. The maximum atomic E-state index is 10.2. The Morgan fingerprint density at radius 2 is 1.26 bits per heavy atom. The van der Waals surface area contributed by atoms with Gasteiger partial charge in [0.05, 0.1) is 6.42 Å². The van der Waals surface area contributed by atoms with Crippen LogP contribution in [0, 0.1) is 0 Å². The predicted octanol–water partition coefficient (Wildman–Crippen LogP) is 7.08. The molecule has 0 bridgehead atoms. The number of carboxylic acids is 2. The molecule has 3 N–H and O–H groups in total. The summed E-state index contributed by atoms with van der Waals surface area (Å²) in [6.07, 6.45) is 21.8. The molecular weight excluding hydrogens is 531 g/mol. The third-order valence-electron chi connectivity index (χ3n) is 6.53. The Hall–Kier alpha value is -1.13. The van der Waals surface area contributed by atoms with E-state index in [1.165, 1.54) is 134 Å². The Morgan fingerprint density at radius 3 is 1.62 bits per heavy atom. The minimum atomic E-state index is -4.84. The van der Waals surface area contributed by atoms with Crippen molar-refractivity contribution in [3.63, 3.8) is 0 Å². The fraction of sp³-hybridized carbons (Fsp3) is 0.724. The number of unbranched alkanes of at least 4 members (excludes halogenated alkanes) is 13. The topological polar surface area (TPSA) is 138 Å². The van der Waals surface area contributed by atoms with E-state index in [2.05, 4.69) is 37.3 Å². The summed E-state index contributed by atoms with van der Waals surface area (Å²) in [5.41, 5.74) is 0. The first kappa shape index (κ1) is 37.9. The van der Waals surface area contributed by atoms with Crippen molar-refractivity contribution in [1.82, 2.24) is 0 Å². The minimum Gasteiger partial charge on any atom is -0.481 e. The van der Waals surface area contributed by atoms with Crippen LogP contribution in [0.15, 0.2) is 30.3 Å². The van der Waals surface area contributed by atoms with Gasteiger partial charge < -0.3 is 10.2 Å². The van der Waals surface area contributed by atoms with Crippen molar-refractivity contribution in [3.05, 3.63) is 30.3 Å². The molecule has 220 valence electrons. The van der Waals surface area contributed by atoms with Crippen LogP contribution in [-0.2, 0) is 19.7 Å². The van der Waals surface area contributed by atoms with Crippen molar-refractivity contribution in [2.24, 2.45) is 0 Å². The molecule has 1 rings (SSSR count). The summed E-state index contributed by atoms with van der Waals surface area (Å²) in [5, 5.41) is 13.9. The first-order chi connectivity index (χ1) is 18.6. The fourth-order valence-electron chi connectivity index (χ4n) is 4.32. The molecule has 0 saturated carbocycles. The van der Waals surface area contributed by atoms with Crippen LogP contribution in [0.4, 0.5) is 0 Å². The maximum Gasteiger partial charge on any atom is 0.325 e.